The maximum absolute atomic E-state index is 13.5. The summed E-state index contributed by atoms with van der Waals surface area (Å²) in [5.41, 5.74) is 0.525. The van der Waals surface area contributed by atoms with E-state index < -0.39 is 17.8 Å². The van der Waals surface area contributed by atoms with Gasteiger partial charge in [0.1, 0.15) is 4.83 Å². The van der Waals surface area contributed by atoms with E-state index in [9.17, 15) is 18.0 Å². The molecule has 10 heteroatoms. The number of hydrogen-bond acceptors (Lipinski definition) is 4. The Labute approximate surface area is 180 Å². The summed E-state index contributed by atoms with van der Waals surface area (Å²) in [6.45, 7) is 4.93. The van der Waals surface area contributed by atoms with Gasteiger partial charge in [-0.15, -0.1) is 11.3 Å². The van der Waals surface area contributed by atoms with Crippen molar-refractivity contribution in [3.05, 3.63) is 64.9 Å². The van der Waals surface area contributed by atoms with E-state index in [2.05, 4.69) is 15.5 Å². The molecule has 4 aromatic rings. The van der Waals surface area contributed by atoms with E-state index in [1.165, 1.54) is 10.7 Å². The highest BCUT2D eigenvalue weighted by Crippen LogP contribution is 2.38. The number of nitrogens with one attached hydrogen (secondary N) is 1. The topological polar surface area (TPSA) is 64.7 Å². The Morgan fingerprint density at radius 1 is 1.23 bits per heavy atom. The summed E-state index contributed by atoms with van der Waals surface area (Å²) < 4.78 is 43.7. The number of nitrogens with zero attached hydrogens (tertiary/aromatic N) is 4. The van der Waals surface area contributed by atoms with Crippen molar-refractivity contribution in [2.45, 2.75) is 26.6 Å². The lowest BCUT2D eigenvalue weighted by Gasteiger charge is -2.13. The molecule has 0 aliphatic carbocycles. The summed E-state index contributed by atoms with van der Waals surface area (Å²) in [4.78, 5) is 13.2. The first-order chi connectivity index (χ1) is 14.7. The number of carbonyl (C=O) groups excluding carboxylic acids is 1. The van der Waals surface area contributed by atoms with Gasteiger partial charge in [0.15, 0.2) is 5.69 Å². The van der Waals surface area contributed by atoms with Crippen molar-refractivity contribution in [2.24, 2.45) is 5.92 Å². The molecule has 1 N–H and O–H groups in total. The first-order valence-electron chi connectivity index (χ1n) is 9.66. The number of halogens is 3. The number of para-hydroxylation sites is 1. The summed E-state index contributed by atoms with van der Waals surface area (Å²) in [6, 6.07) is 11.7. The average molecular weight is 447 g/mol. The number of aryl methyl sites for hydroxylation is 1. The van der Waals surface area contributed by atoms with Crippen LogP contribution >= 0.6 is 11.3 Å². The molecule has 4 rings (SSSR count). The molecule has 6 nitrogen and oxygen atoms in total. The first-order valence-corrected chi connectivity index (χ1v) is 10.5. The molecule has 3 aromatic heterocycles. The van der Waals surface area contributed by atoms with Gasteiger partial charge in [0.2, 0.25) is 0 Å². The summed E-state index contributed by atoms with van der Waals surface area (Å²) in [5.74, 6) is -0.305. The molecular formula is C21H20F3N5OS. The van der Waals surface area contributed by atoms with Crippen molar-refractivity contribution in [1.29, 1.82) is 0 Å². The van der Waals surface area contributed by atoms with Crippen LogP contribution in [-0.4, -0.2) is 32.0 Å². The van der Waals surface area contributed by atoms with Gasteiger partial charge in [0, 0.05) is 30.4 Å². The molecule has 0 bridgehead atoms. The van der Waals surface area contributed by atoms with Gasteiger partial charge in [-0.2, -0.15) is 23.4 Å². The zero-order valence-corrected chi connectivity index (χ0v) is 17.7. The Kier molecular flexibility index (Phi) is 5.57. The standard InChI is InChI=1S/C21H20F3N5OS/c1-13(12-28-14(2)8-9-26-28)11-25-19(30)17-10-16-18(21(22,23)24)27-29(20(16)31-17)15-6-4-3-5-7-15/h3-10,13H,11-12H2,1-2H3,(H,25,30)/t13-/m0/s1. The van der Waals surface area contributed by atoms with Crippen LogP contribution in [0.1, 0.15) is 28.0 Å². The normalized spacial score (nSPS) is 12.9. The van der Waals surface area contributed by atoms with Crippen LogP contribution in [-0.2, 0) is 12.7 Å². The predicted molar refractivity (Wildman–Crippen MR) is 112 cm³/mol. The Hall–Kier alpha value is -3.14. The number of aromatic nitrogens is 4. The van der Waals surface area contributed by atoms with Crippen molar-refractivity contribution in [3.63, 3.8) is 0 Å². The maximum Gasteiger partial charge on any atom is 0.435 e. The van der Waals surface area contributed by atoms with Crippen molar-refractivity contribution in [1.82, 2.24) is 24.9 Å². The Morgan fingerprint density at radius 3 is 2.61 bits per heavy atom. The summed E-state index contributed by atoms with van der Waals surface area (Å²) in [5, 5.41) is 10.7. The lowest BCUT2D eigenvalue weighted by Crippen LogP contribution is -2.29. The van der Waals surface area contributed by atoms with Crippen molar-refractivity contribution >= 4 is 27.5 Å². The van der Waals surface area contributed by atoms with Crippen LogP contribution in [0.4, 0.5) is 13.2 Å². The number of carbonyl (C=O) groups is 1. The second kappa shape index (κ2) is 8.18. The molecule has 0 fully saturated rings. The second-order valence-corrected chi connectivity index (χ2v) is 8.42. The van der Waals surface area contributed by atoms with Gasteiger partial charge in [-0.05, 0) is 37.1 Å². The number of alkyl halides is 3. The van der Waals surface area contributed by atoms with E-state index in [1.54, 1.807) is 36.5 Å². The third kappa shape index (κ3) is 4.34. The lowest BCUT2D eigenvalue weighted by molar-refractivity contribution is -0.140. The second-order valence-electron chi connectivity index (χ2n) is 7.39. The van der Waals surface area contributed by atoms with E-state index in [4.69, 9.17) is 0 Å². The van der Waals surface area contributed by atoms with E-state index in [0.29, 0.717) is 18.8 Å². The van der Waals surface area contributed by atoms with E-state index in [0.717, 1.165) is 17.0 Å². The van der Waals surface area contributed by atoms with Crippen LogP contribution in [0.3, 0.4) is 0 Å². The van der Waals surface area contributed by atoms with Crippen LogP contribution in [0, 0.1) is 12.8 Å². The van der Waals surface area contributed by atoms with Crippen molar-refractivity contribution < 1.29 is 18.0 Å². The highest BCUT2D eigenvalue weighted by molar-refractivity contribution is 7.20. The van der Waals surface area contributed by atoms with Gasteiger partial charge in [0.25, 0.3) is 5.91 Å². The zero-order valence-electron chi connectivity index (χ0n) is 16.8. The fraction of sp³-hybridized carbons (Fsp3) is 0.286. The van der Waals surface area contributed by atoms with Crippen LogP contribution < -0.4 is 5.32 Å². The first kappa shape index (κ1) is 21.1. The molecule has 3 heterocycles. The Balaban J connectivity index is 1.57. The van der Waals surface area contributed by atoms with Gasteiger partial charge in [-0.1, -0.05) is 25.1 Å². The van der Waals surface area contributed by atoms with Crippen molar-refractivity contribution in [3.8, 4) is 5.69 Å². The summed E-state index contributed by atoms with van der Waals surface area (Å²) in [6.07, 6.45) is -2.91. The lowest BCUT2D eigenvalue weighted by atomic mass is 10.2. The summed E-state index contributed by atoms with van der Waals surface area (Å²) >= 11 is 0.994. The van der Waals surface area contributed by atoms with Gasteiger partial charge >= 0.3 is 6.18 Å². The molecule has 0 saturated carbocycles. The number of rotatable bonds is 6. The quantitative estimate of drug-likeness (QED) is 0.467. The highest BCUT2D eigenvalue weighted by Gasteiger charge is 2.38. The van der Waals surface area contributed by atoms with Gasteiger partial charge in [-0.25, -0.2) is 4.68 Å². The molecule has 0 aliphatic rings. The van der Waals surface area contributed by atoms with Gasteiger partial charge in [0.05, 0.1) is 10.6 Å². The molecule has 0 spiro atoms. The van der Waals surface area contributed by atoms with Gasteiger partial charge in [-0.3, -0.25) is 9.48 Å². The van der Waals surface area contributed by atoms with Crippen molar-refractivity contribution in [2.75, 3.05) is 6.54 Å². The average Bonchev–Trinajstić information content (AvgIpc) is 3.41. The third-order valence-electron chi connectivity index (χ3n) is 4.88. The highest BCUT2D eigenvalue weighted by atomic mass is 32.1. The van der Waals surface area contributed by atoms with E-state index >= 15 is 0 Å². The molecule has 0 saturated heterocycles. The summed E-state index contributed by atoms with van der Waals surface area (Å²) in [7, 11) is 0. The largest absolute Gasteiger partial charge is 0.435 e. The number of benzene rings is 1. The Morgan fingerprint density at radius 2 is 1.97 bits per heavy atom. The minimum absolute atomic E-state index is 0.0771. The fourth-order valence-corrected chi connectivity index (χ4v) is 4.33. The van der Waals surface area contributed by atoms with Crippen LogP contribution in [0.15, 0.2) is 48.7 Å². The molecule has 1 aromatic carbocycles. The Bertz CT molecular complexity index is 1210. The monoisotopic (exact) mass is 447 g/mol. The van der Waals surface area contributed by atoms with Crippen LogP contribution in [0.25, 0.3) is 15.9 Å². The van der Waals surface area contributed by atoms with E-state index in [1.807, 2.05) is 24.6 Å². The molecule has 1 amide bonds. The number of hydrogen-bond donors (Lipinski definition) is 1. The minimum Gasteiger partial charge on any atom is -0.351 e. The van der Waals surface area contributed by atoms with Gasteiger partial charge < -0.3 is 5.32 Å². The van der Waals surface area contributed by atoms with Crippen LogP contribution in [0.2, 0.25) is 0 Å². The van der Waals surface area contributed by atoms with Crippen LogP contribution in [0.5, 0.6) is 0 Å². The molecule has 1 atom stereocenters. The third-order valence-corrected chi connectivity index (χ3v) is 5.99. The fourth-order valence-electron chi connectivity index (χ4n) is 3.28. The molecular weight excluding hydrogens is 427 g/mol. The maximum atomic E-state index is 13.5. The van der Waals surface area contributed by atoms with E-state index in [-0.39, 0.29) is 21.0 Å². The zero-order chi connectivity index (χ0) is 22.2. The molecule has 0 radical (unpaired) electrons. The molecule has 31 heavy (non-hydrogen) atoms. The smallest absolute Gasteiger partial charge is 0.351 e. The number of thiophene rings is 1. The number of amides is 1. The minimum atomic E-state index is -4.62. The molecule has 0 unspecified atom stereocenters. The predicted octanol–water partition coefficient (Wildman–Crippen LogP) is 4.68. The molecule has 0 aliphatic heterocycles. The SMILES string of the molecule is Cc1ccnn1C[C@@H](C)CNC(=O)c1cc2c(C(F)(F)F)nn(-c3ccccc3)c2s1. The number of fused-ring (bicyclic) bond motifs is 1. The molecule has 162 valence electrons.